The summed E-state index contributed by atoms with van der Waals surface area (Å²) < 4.78 is 48.3. The fraction of sp³-hybridized carbons (Fsp3) is 0.371. The number of urea groups is 1. The van der Waals surface area contributed by atoms with E-state index in [4.69, 9.17) is 4.74 Å². The summed E-state index contributed by atoms with van der Waals surface area (Å²) >= 11 is 0. The standard InChI is InChI=1S/C35H37F3N6O3/c1-22(2)28-18-17-27(46-3)20-31(28)43-19-5-8-32(43)41-34(45)40-30-7-4-6-29(30)23-9-11-24(12-10-23)33-39-21-44(42-33)25-13-15-26(16-14-25)47-35(36,37)38/h9-18,20-22,29-30H,4-8,19H2,1-3H3,(H,40,45). The maximum Gasteiger partial charge on any atom is 0.573 e. The van der Waals surface area contributed by atoms with Gasteiger partial charge in [-0.3, -0.25) is 0 Å². The van der Waals surface area contributed by atoms with E-state index in [9.17, 15) is 18.0 Å². The Morgan fingerprint density at radius 2 is 1.74 bits per heavy atom. The largest absolute Gasteiger partial charge is 0.573 e. The molecule has 1 aliphatic heterocycles. The number of carbonyl (C=O) groups is 1. The summed E-state index contributed by atoms with van der Waals surface area (Å²) in [5.74, 6) is 2.19. The van der Waals surface area contributed by atoms with Gasteiger partial charge in [-0.15, -0.1) is 18.3 Å². The topological polar surface area (TPSA) is 93.9 Å². The van der Waals surface area contributed by atoms with Crippen molar-refractivity contribution in [1.82, 2.24) is 20.1 Å². The molecule has 0 bridgehead atoms. The molecule has 4 aromatic rings. The highest BCUT2D eigenvalue weighted by atomic mass is 19.4. The van der Waals surface area contributed by atoms with Gasteiger partial charge in [0.15, 0.2) is 5.82 Å². The van der Waals surface area contributed by atoms with Crippen LogP contribution in [0.4, 0.5) is 23.7 Å². The van der Waals surface area contributed by atoms with E-state index in [1.54, 1.807) is 7.11 Å². The monoisotopic (exact) mass is 646 g/mol. The van der Waals surface area contributed by atoms with Crippen LogP contribution in [0.2, 0.25) is 0 Å². The Morgan fingerprint density at radius 3 is 2.45 bits per heavy atom. The second kappa shape index (κ2) is 13.5. The number of hydrogen-bond acceptors (Lipinski definition) is 5. The van der Waals surface area contributed by atoms with Gasteiger partial charge in [0.05, 0.1) is 12.8 Å². The van der Waals surface area contributed by atoms with Crippen molar-refractivity contribution in [1.29, 1.82) is 0 Å². The van der Waals surface area contributed by atoms with Crippen LogP contribution in [0.5, 0.6) is 11.5 Å². The Hall–Kier alpha value is -4.87. The molecular formula is C35H37F3N6O3. The van der Waals surface area contributed by atoms with Crippen LogP contribution in [-0.2, 0) is 0 Å². The number of carbonyl (C=O) groups excluding carboxylic acids is 1. The fourth-order valence-electron chi connectivity index (χ4n) is 6.45. The van der Waals surface area contributed by atoms with Gasteiger partial charge in [0.1, 0.15) is 23.7 Å². The highest BCUT2D eigenvalue weighted by Gasteiger charge is 2.32. The first-order valence-electron chi connectivity index (χ1n) is 15.8. The van der Waals surface area contributed by atoms with Crippen molar-refractivity contribution >= 4 is 17.6 Å². The molecule has 2 amide bonds. The Labute approximate surface area is 271 Å². The maximum absolute atomic E-state index is 13.3. The van der Waals surface area contributed by atoms with E-state index in [0.29, 0.717) is 17.4 Å². The Kier molecular flexibility index (Phi) is 9.19. The van der Waals surface area contributed by atoms with Crippen molar-refractivity contribution in [3.63, 3.8) is 0 Å². The van der Waals surface area contributed by atoms with Crippen molar-refractivity contribution < 1.29 is 27.4 Å². The molecule has 0 spiro atoms. The van der Waals surface area contributed by atoms with Gasteiger partial charge >= 0.3 is 12.4 Å². The Bertz CT molecular complexity index is 1730. The van der Waals surface area contributed by atoms with Crippen LogP contribution in [0.3, 0.4) is 0 Å². The molecule has 1 N–H and O–H groups in total. The number of amides is 2. The van der Waals surface area contributed by atoms with Gasteiger partial charge in [0.25, 0.3) is 0 Å². The summed E-state index contributed by atoms with van der Waals surface area (Å²) in [6, 6.07) is 19.1. The average molecular weight is 647 g/mol. The molecule has 3 aromatic carbocycles. The number of alkyl halides is 3. The van der Waals surface area contributed by atoms with Crippen molar-refractivity contribution in [2.75, 3.05) is 18.6 Å². The predicted molar refractivity (Wildman–Crippen MR) is 173 cm³/mol. The van der Waals surface area contributed by atoms with Crippen LogP contribution in [0.15, 0.2) is 78.0 Å². The highest BCUT2D eigenvalue weighted by Crippen LogP contribution is 2.37. The van der Waals surface area contributed by atoms with Crippen LogP contribution in [0, 0.1) is 0 Å². The molecule has 1 saturated carbocycles. The van der Waals surface area contributed by atoms with E-state index in [1.165, 1.54) is 40.8 Å². The number of aromatic nitrogens is 3. The fourth-order valence-corrected chi connectivity index (χ4v) is 6.45. The summed E-state index contributed by atoms with van der Waals surface area (Å²) in [5, 5.41) is 7.69. The minimum absolute atomic E-state index is 0.0303. The zero-order valence-corrected chi connectivity index (χ0v) is 26.5. The Morgan fingerprint density at radius 1 is 1.00 bits per heavy atom. The molecule has 2 heterocycles. The molecule has 1 aliphatic carbocycles. The Balaban J connectivity index is 1.12. The molecule has 2 aliphatic rings. The van der Waals surface area contributed by atoms with Crippen LogP contribution in [-0.4, -0.2) is 52.7 Å². The number of amidine groups is 1. The molecule has 1 aromatic heterocycles. The summed E-state index contributed by atoms with van der Waals surface area (Å²) in [7, 11) is 1.66. The number of hydrogen-bond donors (Lipinski definition) is 1. The number of aliphatic imine (C=N–C) groups is 1. The second-order valence-electron chi connectivity index (χ2n) is 12.1. The highest BCUT2D eigenvalue weighted by molar-refractivity contribution is 6.05. The third-order valence-electron chi connectivity index (χ3n) is 8.72. The first kappa shape index (κ1) is 32.1. The smallest absolute Gasteiger partial charge is 0.497 e. The molecule has 246 valence electrons. The molecule has 2 fully saturated rings. The number of anilines is 1. The minimum atomic E-state index is -4.75. The van der Waals surface area contributed by atoms with Crippen LogP contribution < -0.4 is 19.7 Å². The number of rotatable bonds is 8. The number of ether oxygens (including phenoxy) is 2. The number of halogens is 3. The van der Waals surface area contributed by atoms with Crippen molar-refractivity contribution in [3.8, 4) is 28.6 Å². The molecule has 2 unspecified atom stereocenters. The lowest BCUT2D eigenvalue weighted by molar-refractivity contribution is -0.274. The van der Waals surface area contributed by atoms with Crippen LogP contribution in [0.1, 0.15) is 68.9 Å². The zero-order chi connectivity index (χ0) is 33.1. The first-order chi connectivity index (χ1) is 22.6. The molecular weight excluding hydrogens is 609 g/mol. The molecule has 12 heteroatoms. The normalized spacial score (nSPS) is 19.0. The lowest BCUT2D eigenvalue weighted by Gasteiger charge is -2.25. The van der Waals surface area contributed by atoms with Gasteiger partial charge in [-0.05, 0) is 66.6 Å². The van der Waals surface area contributed by atoms with Gasteiger partial charge in [-0.25, -0.2) is 14.5 Å². The lowest BCUT2D eigenvalue weighted by Crippen LogP contribution is -2.36. The summed E-state index contributed by atoms with van der Waals surface area (Å²) in [4.78, 5) is 24.4. The summed E-state index contributed by atoms with van der Waals surface area (Å²) in [6.07, 6.45) is 1.25. The molecule has 1 saturated heterocycles. The lowest BCUT2D eigenvalue weighted by atomic mass is 9.93. The van der Waals surface area contributed by atoms with Crippen LogP contribution in [0.25, 0.3) is 17.1 Å². The second-order valence-corrected chi connectivity index (χ2v) is 12.1. The molecule has 2 atom stereocenters. The van der Waals surface area contributed by atoms with E-state index in [1.807, 2.05) is 36.4 Å². The summed E-state index contributed by atoms with van der Waals surface area (Å²) in [5.41, 5.74) is 4.69. The third kappa shape index (κ3) is 7.42. The van der Waals surface area contributed by atoms with Gasteiger partial charge in [0, 0.05) is 42.2 Å². The minimum Gasteiger partial charge on any atom is -0.497 e. The number of benzene rings is 3. The van der Waals surface area contributed by atoms with E-state index in [2.05, 4.69) is 49.9 Å². The van der Waals surface area contributed by atoms with Crippen molar-refractivity contribution in [3.05, 3.63) is 84.2 Å². The quantitative estimate of drug-likeness (QED) is 0.209. The van der Waals surface area contributed by atoms with E-state index in [-0.39, 0.29) is 23.7 Å². The van der Waals surface area contributed by atoms with Crippen molar-refractivity contribution in [2.45, 2.75) is 70.2 Å². The average Bonchev–Trinajstić information content (AvgIpc) is 3.82. The van der Waals surface area contributed by atoms with Crippen molar-refractivity contribution in [2.24, 2.45) is 4.99 Å². The van der Waals surface area contributed by atoms with Gasteiger partial charge < -0.3 is 19.7 Å². The van der Waals surface area contributed by atoms with E-state index >= 15 is 0 Å². The van der Waals surface area contributed by atoms with Gasteiger partial charge in [0.2, 0.25) is 0 Å². The maximum atomic E-state index is 13.3. The number of nitrogens with one attached hydrogen (secondary N) is 1. The molecule has 6 rings (SSSR count). The predicted octanol–water partition coefficient (Wildman–Crippen LogP) is 8.01. The number of nitrogens with zero attached hydrogens (tertiary/aromatic N) is 5. The molecule has 47 heavy (non-hydrogen) atoms. The first-order valence-corrected chi connectivity index (χ1v) is 15.8. The molecule has 0 radical (unpaired) electrons. The van der Waals surface area contributed by atoms with Gasteiger partial charge in [-0.1, -0.05) is 50.6 Å². The summed E-state index contributed by atoms with van der Waals surface area (Å²) in [6.45, 7) is 5.11. The van der Waals surface area contributed by atoms with Gasteiger partial charge in [-0.2, -0.15) is 4.99 Å². The van der Waals surface area contributed by atoms with E-state index in [0.717, 1.165) is 67.0 Å². The van der Waals surface area contributed by atoms with Crippen LogP contribution >= 0.6 is 0 Å². The third-order valence-corrected chi connectivity index (χ3v) is 8.72. The molecule has 9 nitrogen and oxygen atoms in total. The van der Waals surface area contributed by atoms with E-state index < -0.39 is 6.36 Å². The number of methoxy groups -OCH3 is 1. The zero-order valence-electron chi connectivity index (χ0n) is 26.5. The SMILES string of the molecule is COc1ccc(C(C)C)c(N2CCCC2=NC(=O)NC2CCCC2c2ccc(-c3ncn(-c4ccc(OC(F)(F)F)cc4)n3)cc2)c1.